The Labute approximate surface area is 217 Å². The van der Waals surface area contributed by atoms with Crippen molar-refractivity contribution in [2.45, 2.75) is 76.8 Å². The molecule has 0 saturated carbocycles. The molecule has 0 aliphatic rings. The number of rotatable bonds is 18. The standard InChI is InChI=1S/C29H38F3NO4/c30-29(31,32)28(35)37-27(34)20-22-33-21-11-15-25-16-18-26(19-17-25)36-23-10-5-3-1-2-4-7-12-24-13-8-6-9-14-24/h6,8-9,13-14,16-19,33H,1-5,7,10-12,15,20-23H2. The van der Waals surface area contributed by atoms with Gasteiger partial charge in [0.25, 0.3) is 0 Å². The van der Waals surface area contributed by atoms with Gasteiger partial charge in [-0.15, -0.1) is 0 Å². The highest BCUT2D eigenvalue weighted by Crippen LogP contribution is 2.17. The van der Waals surface area contributed by atoms with Crippen molar-refractivity contribution in [2.24, 2.45) is 0 Å². The Balaban J connectivity index is 1.41. The van der Waals surface area contributed by atoms with E-state index in [1.54, 1.807) is 0 Å². The van der Waals surface area contributed by atoms with Gasteiger partial charge in [0.15, 0.2) is 0 Å². The van der Waals surface area contributed by atoms with E-state index in [-0.39, 0.29) is 13.0 Å². The summed E-state index contributed by atoms with van der Waals surface area (Å²) in [5, 5.41) is 2.96. The van der Waals surface area contributed by atoms with Crippen molar-refractivity contribution >= 4 is 11.9 Å². The monoisotopic (exact) mass is 521 g/mol. The Bertz CT molecular complexity index is 902. The summed E-state index contributed by atoms with van der Waals surface area (Å²) in [4.78, 5) is 21.8. The molecule has 204 valence electrons. The smallest absolute Gasteiger partial charge is 0.491 e. The van der Waals surface area contributed by atoms with Crippen LogP contribution in [0.1, 0.15) is 68.9 Å². The van der Waals surface area contributed by atoms with Gasteiger partial charge in [-0.25, -0.2) is 4.79 Å². The minimum absolute atomic E-state index is 0.144. The van der Waals surface area contributed by atoms with Gasteiger partial charge in [0.05, 0.1) is 13.0 Å². The van der Waals surface area contributed by atoms with Gasteiger partial charge in [-0.1, -0.05) is 74.6 Å². The van der Waals surface area contributed by atoms with Gasteiger partial charge in [0.2, 0.25) is 0 Å². The van der Waals surface area contributed by atoms with Gasteiger partial charge >= 0.3 is 18.1 Å². The number of nitrogens with one attached hydrogen (secondary N) is 1. The lowest BCUT2D eigenvalue weighted by Gasteiger charge is -2.08. The van der Waals surface area contributed by atoms with E-state index in [9.17, 15) is 22.8 Å². The van der Waals surface area contributed by atoms with Gasteiger partial charge < -0.3 is 14.8 Å². The maximum atomic E-state index is 12.0. The van der Waals surface area contributed by atoms with Gasteiger partial charge in [-0.2, -0.15) is 13.2 Å². The molecule has 2 aromatic rings. The van der Waals surface area contributed by atoms with Crippen LogP contribution in [-0.2, 0) is 27.2 Å². The second-order valence-corrected chi connectivity index (χ2v) is 9.07. The summed E-state index contributed by atoms with van der Waals surface area (Å²) in [6.07, 6.45) is 5.91. The Morgan fingerprint density at radius 3 is 1.97 bits per heavy atom. The molecule has 37 heavy (non-hydrogen) atoms. The number of aryl methyl sites for hydroxylation is 2. The Morgan fingerprint density at radius 1 is 0.703 bits per heavy atom. The molecule has 2 rings (SSSR count). The summed E-state index contributed by atoms with van der Waals surface area (Å²) < 4.78 is 45.6. The molecular weight excluding hydrogens is 483 g/mol. The zero-order valence-corrected chi connectivity index (χ0v) is 21.4. The van der Waals surface area contributed by atoms with Gasteiger partial charge in [0, 0.05) is 6.54 Å². The Morgan fingerprint density at radius 2 is 1.30 bits per heavy atom. The summed E-state index contributed by atoms with van der Waals surface area (Å²) in [6, 6.07) is 18.6. The predicted octanol–water partition coefficient (Wildman–Crippen LogP) is 6.58. The number of benzene rings is 2. The molecule has 0 radical (unpaired) electrons. The van der Waals surface area contributed by atoms with E-state index in [1.807, 2.05) is 24.3 Å². The fourth-order valence-electron chi connectivity index (χ4n) is 3.85. The molecular formula is C29H38F3NO4. The van der Waals surface area contributed by atoms with E-state index >= 15 is 0 Å². The summed E-state index contributed by atoms with van der Waals surface area (Å²) in [5.41, 5.74) is 2.57. The van der Waals surface area contributed by atoms with Crippen LogP contribution in [0.15, 0.2) is 54.6 Å². The zero-order valence-electron chi connectivity index (χ0n) is 21.4. The lowest BCUT2D eigenvalue weighted by molar-refractivity contribution is -0.201. The SMILES string of the molecule is O=C(CCNCCCc1ccc(OCCCCCCCCCc2ccccc2)cc1)OC(=O)C(F)(F)F. The van der Waals surface area contributed by atoms with Gasteiger partial charge in [-0.3, -0.25) is 4.79 Å². The molecule has 0 heterocycles. The first-order valence-corrected chi connectivity index (χ1v) is 13.1. The van der Waals surface area contributed by atoms with Crippen LogP contribution in [0.2, 0.25) is 0 Å². The molecule has 0 aromatic heterocycles. The van der Waals surface area contributed by atoms with Crippen LogP contribution < -0.4 is 10.1 Å². The molecule has 0 unspecified atom stereocenters. The molecule has 0 bridgehead atoms. The Kier molecular flexibility index (Phi) is 14.4. The van der Waals surface area contributed by atoms with E-state index in [2.05, 4.69) is 40.4 Å². The normalized spacial score (nSPS) is 11.3. The molecule has 5 nitrogen and oxygen atoms in total. The van der Waals surface area contributed by atoms with Crippen molar-refractivity contribution in [3.63, 3.8) is 0 Å². The molecule has 0 aliphatic heterocycles. The fraction of sp³-hybridized carbons (Fsp3) is 0.517. The van der Waals surface area contributed by atoms with E-state index in [0.717, 1.165) is 30.6 Å². The first-order chi connectivity index (χ1) is 17.8. The topological polar surface area (TPSA) is 64.6 Å². The number of carbonyl (C=O) groups excluding carboxylic acids is 2. The number of ether oxygens (including phenoxy) is 2. The first kappa shape index (κ1) is 30.4. The number of alkyl halides is 3. The molecule has 0 atom stereocenters. The maximum absolute atomic E-state index is 12.0. The number of unbranched alkanes of at least 4 members (excludes halogenated alkanes) is 6. The summed E-state index contributed by atoms with van der Waals surface area (Å²) in [7, 11) is 0. The first-order valence-electron chi connectivity index (χ1n) is 13.1. The maximum Gasteiger partial charge on any atom is 0.491 e. The van der Waals surface area contributed by atoms with Crippen LogP contribution in [0, 0.1) is 0 Å². The molecule has 1 N–H and O–H groups in total. The highest BCUT2D eigenvalue weighted by atomic mass is 19.4. The largest absolute Gasteiger partial charge is 0.494 e. The van der Waals surface area contributed by atoms with Crippen molar-refractivity contribution in [2.75, 3.05) is 19.7 Å². The predicted molar refractivity (Wildman–Crippen MR) is 137 cm³/mol. The second kappa shape index (κ2) is 17.6. The average Bonchev–Trinajstić information content (AvgIpc) is 2.88. The van der Waals surface area contributed by atoms with Crippen molar-refractivity contribution in [1.82, 2.24) is 5.32 Å². The third kappa shape index (κ3) is 14.5. The van der Waals surface area contributed by atoms with Crippen LogP contribution in [0.5, 0.6) is 5.75 Å². The van der Waals surface area contributed by atoms with E-state index < -0.39 is 18.1 Å². The zero-order chi connectivity index (χ0) is 26.8. The van der Waals surface area contributed by atoms with E-state index in [4.69, 9.17) is 4.74 Å². The summed E-state index contributed by atoms with van der Waals surface area (Å²) in [6.45, 7) is 1.45. The van der Waals surface area contributed by atoms with Crippen molar-refractivity contribution in [3.05, 3.63) is 65.7 Å². The fourth-order valence-corrected chi connectivity index (χ4v) is 3.85. The van der Waals surface area contributed by atoms with E-state index in [1.165, 1.54) is 50.5 Å². The third-order valence-electron chi connectivity index (χ3n) is 5.91. The molecule has 0 saturated heterocycles. The highest BCUT2D eigenvalue weighted by molar-refractivity contribution is 5.88. The minimum atomic E-state index is -5.16. The molecule has 2 aromatic carbocycles. The molecule has 8 heteroatoms. The average molecular weight is 522 g/mol. The Hall–Kier alpha value is -2.87. The summed E-state index contributed by atoms with van der Waals surface area (Å²) in [5.74, 6) is -2.82. The lowest BCUT2D eigenvalue weighted by Crippen LogP contribution is -2.29. The van der Waals surface area contributed by atoms with Crippen LogP contribution in [-0.4, -0.2) is 37.8 Å². The highest BCUT2D eigenvalue weighted by Gasteiger charge is 2.42. The van der Waals surface area contributed by atoms with Crippen LogP contribution in [0.4, 0.5) is 13.2 Å². The molecule has 0 fully saturated rings. The van der Waals surface area contributed by atoms with Crippen molar-refractivity contribution < 1.29 is 32.2 Å². The number of carbonyl (C=O) groups is 2. The number of hydrogen-bond donors (Lipinski definition) is 1. The number of esters is 2. The van der Waals surface area contributed by atoms with Gasteiger partial charge in [0.1, 0.15) is 5.75 Å². The number of halogens is 3. The summed E-state index contributed by atoms with van der Waals surface area (Å²) >= 11 is 0. The number of hydrogen-bond acceptors (Lipinski definition) is 5. The van der Waals surface area contributed by atoms with Crippen LogP contribution in [0.3, 0.4) is 0 Å². The quantitative estimate of drug-likeness (QED) is 0.136. The third-order valence-corrected chi connectivity index (χ3v) is 5.91. The molecule has 0 spiro atoms. The second-order valence-electron chi connectivity index (χ2n) is 9.07. The van der Waals surface area contributed by atoms with Crippen LogP contribution in [0.25, 0.3) is 0 Å². The van der Waals surface area contributed by atoms with Crippen molar-refractivity contribution in [3.8, 4) is 5.75 Å². The molecule has 0 amide bonds. The molecule has 0 aliphatic carbocycles. The lowest BCUT2D eigenvalue weighted by atomic mass is 10.0. The van der Waals surface area contributed by atoms with Crippen LogP contribution >= 0.6 is 0 Å². The van der Waals surface area contributed by atoms with E-state index in [0.29, 0.717) is 13.2 Å². The minimum Gasteiger partial charge on any atom is -0.494 e. The van der Waals surface area contributed by atoms with Gasteiger partial charge in [-0.05, 0) is 61.9 Å². The van der Waals surface area contributed by atoms with Crippen molar-refractivity contribution in [1.29, 1.82) is 0 Å².